The Morgan fingerprint density at radius 1 is 1.36 bits per heavy atom. The van der Waals surface area contributed by atoms with Crippen LogP contribution < -0.4 is 5.32 Å². The summed E-state index contributed by atoms with van der Waals surface area (Å²) in [5.41, 5.74) is 1.33. The molecule has 0 saturated carbocycles. The van der Waals surface area contributed by atoms with Crippen LogP contribution in [-0.4, -0.2) is 38.5 Å². The molecule has 0 aliphatic rings. The molecule has 3 N–H and O–H groups in total. The molecule has 1 aromatic heterocycles. The van der Waals surface area contributed by atoms with Crippen LogP contribution in [0.4, 0.5) is 4.79 Å². The maximum absolute atomic E-state index is 11.6. The van der Waals surface area contributed by atoms with Gasteiger partial charge in [0.1, 0.15) is 18.8 Å². The zero-order valence-electron chi connectivity index (χ0n) is 12.2. The van der Waals surface area contributed by atoms with Crippen LogP contribution in [0.5, 0.6) is 0 Å². The zero-order valence-corrected chi connectivity index (χ0v) is 12.2. The van der Waals surface area contributed by atoms with Crippen molar-refractivity contribution in [2.75, 3.05) is 6.54 Å². The molecule has 2 unspecified atom stereocenters. The molecule has 0 radical (unpaired) electrons. The van der Waals surface area contributed by atoms with E-state index < -0.39 is 18.3 Å². The normalized spacial score (nSPS) is 13.4. The Morgan fingerprint density at radius 3 is 2.73 bits per heavy atom. The number of alkyl carbamates (subject to hydrolysis) is 1. The van der Waals surface area contributed by atoms with Gasteiger partial charge < -0.3 is 24.8 Å². The number of hydrogen-bond acceptors (Lipinski definition) is 5. The third-order valence-electron chi connectivity index (χ3n) is 3.19. The van der Waals surface area contributed by atoms with E-state index in [1.54, 1.807) is 11.6 Å². The molecule has 1 amide bonds. The third-order valence-corrected chi connectivity index (χ3v) is 3.19. The van der Waals surface area contributed by atoms with Gasteiger partial charge in [-0.1, -0.05) is 30.3 Å². The van der Waals surface area contributed by atoms with Crippen LogP contribution in [0.15, 0.2) is 42.9 Å². The van der Waals surface area contributed by atoms with Gasteiger partial charge in [0.2, 0.25) is 0 Å². The van der Waals surface area contributed by atoms with E-state index in [9.17, 15) is 15.0 Å². The van der Waals surface area contributed by atoms with Crippen molar-refractivity contribution in [2.45, 2.75) is 18.8 Å². The Balaban J connectivity index is 1.75. The van der Waals surface area contributed by atoms with Crippen LogP contribution in [-0.2, 0) is 18.4 Å². The van der Waals surface area contributed by atoms with Crippen LogP contribution in [0.2, 0.25) is 0 Å². The largest absolute Gasteiger partial charge is 0.445 e. The van der Waals surface area contributed by atoms with Gasteiger partial charge in [-0.05, 0) is 5.56 Å². The van der Waals surface area contributed by atoms with E-state index in [0.29, 0.717) is 5.69 Å². The maximum atomic E-state index is 11.6. The first-order valence-corrected chi connectivity index (χ1v) is 6.85. The Morgan fingerprint density at radius 2 is 2.09 bits per heavy atom. The van der Waals surface area contributed by atoms with Crippen molar-refractivity contribution in [1.29, 1.82) is 0 Å². The second kappa shape index (κ2) is 7.58. The molecule has 0 aliphatic heterocycles. The van der Waals surface area contributed by atoms with Gasteiger partial charge in [0.15, 0.2) is 0 Å². The summed E-state index contributed by atoms with van der Waals surface area (Å²) in [7, 11) is 1.71. The molecular weight excluding hydrogens is 286 g/mol. The van der Waals surface area contributed by atoms with Gasteiger partial charge in [-0.2, -0.15) is 0 Å². The second-order valence-corrected chi connectivity index (χ2v) is 4.88. The van der Waals surface area contributed by atoms with E-state index in [-0.39, 0.29) is 13.2 Å². The quantitative estimate of drug-likeness (QED) is 0.731. The summed E-state index contributed by atoms with van der Waals surface area (Å²) in [6.45, 7) is 0.0209. The summed E-state index contributed by atoms with van der Waals surface area (Å²) in [5.74, 6) is 0. The predicted octanol–water partition coefficient (Wildman–Crippen LogP) is 0.741. The van der Waals surface area contributed by atoms with Crippen LogP contribution in [0, 0.1) is 0 Å². The van der Waals surface area contributed by atoms with E-state index in [2.05, 4.69) is 10.3 Å². The number of nitrogens with zero attached hydrogens (tertiary/aromatic N) is 2. The first kappa shape index (κ1) is 16.0. The first-order chi connectivity index (χ1) is 10.6. The summed E-state index contributed by atoms with van der Waals surface area (Å²) in [4.78, 5) is 15.4. The number of rotatable bonds is 6. The molecule has 118 valence electrons. The van der Waals surface area contributed by atoms with E-state index in [1.807, 2.05) is 30.3 Å². The van der Waals surface area contributed by atoms with Crippen molar-refractivity contribution in [3.63, 3.8) is 0 Å². The molecule has 0 fully saturated rings. The fourth-order valence-corrected chi connectivity index (χ4v) is 1.92. The number of nitrogens with one attached hydrogen (secondary N) is 1. The number of ether oxygens (including phenoxy) is 1. The highest BCUT2D eigenvalue weighted by atomic mass is 16.5. The lowest BCUT2D eigenvalue weighted by molar-refractivity contribution is 0.0143. The Bertz CT molecular complexity index is 600. The van der Waals surface area contributed by atoms with Crippen molar-refractivity contribution in [2.24, 2.45) is 7.05 Å². The number of aliphatic hydroxyl groups is 2. The summed E-state index contributed by atoms with van der Waals surface area (Å²) >= 11 is 0. The number of aryl methyl sites for hydroxylation is 1. The van der Waals surface area contributed by atoms with Crippen molar-refractivity contribution >= 4 is 6.09 Å². The summed E-state index contributed by atoms with van der Waals surface area (Å²) in [6, 6.07) is 9.26. The first-order valence-electron chi connectivity index (χ1n) is 6.85. The van der Waals surface area contributed by atoms with E-state index in [0.717, 1.165) is 5.56 Å². The SMILES string of the molecule is Cn1cncc1C(O)C(O)CNC(=O)OCc1ccccc1. The van der Waals surface area contributed by atoms with Crippen molar-refractivity contribution < 1.29 is 19.7 Å². The molecule has 7 heteroatoms. The molecular formula is C15H19N3O4. The molecule has 2 atom stereocenters. The minimum Gasteiger partial charge on any atom is -0.445 e. The van der Waals surface area contributed by atoms with Crippen LogP contribution in [0.25, 0.3) is 0 Å². The van der Waals surface area contributed by atoms with Crippen molar-refractivity contribution in [3.8, 4) is 0 Å². The van der Waals surface area contributed by atoms with Gasteiger partial charge in [-0.25, -0.2) is 9.78 Å². The number of amides is 1. The van der Waals surface area contributed by atoms with Gasteiger partial charge in [-0.15, -0.1) is 0 Å². The smallest absolute Gasteiger partial charge is 0.407 e. The Hall–Kier alpha value is -2.38. The molecule has 7 nitrogen and oxygen atoms in total. The molecule has 2 aromatic rings. The van der Waals surface area contributed by atoms with Gasteiger partial charge in [-0.3, -0.25) is 0 Å². The lowest BCUT2D eigenvalue weighted by atomic mass is 10.1. The molecule has 22 heavy (non-hydrogen) atoms. The summed E-state index contributed by atoms with van der Waals surface area (Å²) in [6.07, 6.45) is 0.0377. The number of hydrogen-bond donors (Lipinski definition) is 3. The fourth-order valence-electron chi connectivity index (χ4n) is 1.92. The van der Waals surface area contributed by atoms with Crippen molar-refractivity contribution in [3.05, 3.63) is 54.1 Å². The molecule has 2 rings (SSSR count). The predicted molar refractivity (Wildman–Crippen MR) is 78.8 cm³/mol. The number of benzene rings is 1. The molecule has 1 aromatic carbocycles. The minimum absolute atomic E-state index is 0.125. The number of aromatic nitrogens is 2. The highest BCUT2D eigenvalue weighted by Gasteiger charge is 2.21. The number of carbonyl (C=O) groups is 1. The Labute approximate surface area is 128 Å². The summed E-state index contributed by atoms with van der Waals surface area (Å²) < 4.78 is 6.61. The van der Waals surface area contributed by atoms with Gasteiger partial charge in [0.25, 0.3) is 0 Å². The standard InChI is InChI=1S/C15H19N3O4/c1-18-10-16-7-12(18)14(20)13(19)8-17-15(21)22-9-11-5-3-2-4-6-11/h2-7,10,13-14,19-20H,8-9H2,1H3,(H,17,21). The van der Waals surface area contributed by atoms with Gasteiger partial charge in [0.05, 0.1) is 18.2 Å². The average molecular weight is 305 g/mol. The highest BCUT2D eigenvalue weighted by Crippen LogP contribution is 2.15. The second-order valence-electron chi connectivity index (χ2n) is 4.88. The Kier molecular flexibility index (Phi) is 5.51. The monoisotopic (exact) mass is 305 g/mol. The van der Waals surface area contributed by atoms with Crippen LogP contribution in [0.3, 0.4) is 0 Å². The maximum Gasteiger partial charge on any atom is 0.407 e. The van der Waals surface area contributed by atoms with Gasteiger partial charge >= 0.3 is 6.09 Å². The van der Waals surface area contributed by atoms with Crippen molar-refractivity contribution in [1.82, 2.24) is 14.9 Å². The molecule has 0 aliphatic carbocycles. The van der Waals surface area contributed by atoms with Gasteiger partial charge in [0, 0.05) is 13.6 Å². The minimum atomic E-state index is -1.15. The van der Waals surface area contributed by atoms with Crippen LogP contribution >= 0.6 is 0 Å². The molecule has 0 saturated heterocycles. The molecule has 0 spiro atoms. The average Bonchev–Trinajstić information content (AvgIpc) is 2.96. The fraction of sp³-hybridized carbons (Fsp3) is 0.333. The zero-order chi connectivity index (χ0) is 15.9. The highest BCUT2D eigenvalue weighted by molar-refractivity contribution is 5.67. The topological polar surface area (TPSA) is 96.6 Å². The van der Waals surface area contributed by atoms with E-state index in [1.165, 1.54) is 12.5 Å². The van der Waals surface area contributed by atoms with E-state index in [4.69, 9.17) is 4.74 Å². The molecule has 0 bridgehead atoms. The number of imidazole rings is 1. The van der Waals surface area contributed by atoms with Crippen LogP contribution in [0.1, 0.15) is 17.4 Å². The third kappa shape index (κ3) is 4.31. The van der Waals surface area contributed by atoms with E-state index >= 15 is 0 Å². The lowest BCUT2D eigenvalue weighted by Crippen LogP contribution is -2.36. The number of carbonyl (C=O) groups excluding carboxylic acids is 1. The number of aliphatic hydroxyl groups excluding tert-OH is 2. The summed E-state index contributed by atoms with van der Waals surface area (Å²) in [5, 5.41) is 22.3. The molecule has 1 heterocycles. The lowest BCUT2D eigenvalue weighted by Gasteiger charge is -2.18.